The Hall–Kier alpha value is -1.10. The fraction of sp³-hybridized carbons (Fsp3) is 0.625. The maximum atomic E-state index is 6.17. The molecule has 0 radical (unpaired) electrons. The van der Waals surface area contributed by atoms with Crippen molar-refractivity contribution in [2.45, 2.75) is 31.3 Å². The fourth-order valence-corrected chi connectivity index (χ4v) is 3.37. The number of nitrogens with zero attached hydrogens (tertiary/aromatic N) is 1. The second-order valence-corrected chi connectivity index (χ2v) is 5.77. The SMILES string of the molecule is NCC1(N2CCOc3ccccc3C2)CCCOCC1. The molecule has 1 aromatic carbocycles. The van der Waals surface area contributed by atoms with Crippen LogP contribution < -0.4 is 10.5 Å². The molecule has 1 fully saturated rings. The van der Waals surface area contributed by atoms with E-state index in [1.165, 1.54) is 5.56 Å². The lowest BCUT2D eigenvalue weighted by Gasteiger charge is -2.42. The van der Waals surface area contributed by atoms with Gasteiger partial charge in [-0.05, 0) is 25.3 Å². The Morgan fingerprint density at radius 2 is 2.05 bits per heavy atom. The van der Waals surface area contributed by atoms with Gasteiger partial charge in [-0.3, -0.25) is 4.90 Å². The van der Waals surface area contributed by atoms with Crippen LogP contribution in [-0.2, 0) is 11.3 Å². The topological polar surface area (TPSA) is 47.7 Å². The third-order valence-corrected chi connectivity index (χ3v) is 4.65. The Kier molecular flexibility index (Phi) is 4.24. The van der Waals surface area contributed by atoms with Crippen molar-refractivity contribution in [1.29, 1.82) is 0 Å². The monoisotopic (exact) mass is 276 g/mol. The van der Waals surface area contributed by atoms with Crippen LogP contribution in [0.5, 0.6) is 5.75 Å². The first-order chi connectivity index (χ1) is 9.84. The van der Waals surface area contributed by atoms with Crippen molar-refractivity contribution >= 4 is 0 Å². The van der Waals surface area contributed by atoms with Crippen LogP contribution in [0.25, 0.3) is 0 Å². The molecule has 1 aromatic rings. The van der Waals surface area contributed by atoms with Crippen LogP contribution in [0.4, 0.5) is 0 Å². The molecule has 2 N–H and O–H groups in total. The van der Waals surface area contributed by atoms with Gasteiger partial charge in [-0.15, -0.1) is 0 Å². The van der Waals surface area contributed by atoms with Gasteiger partial charge in [-0.1, -0.05) is 18.2 Å². The lowest BCUT2D eigenvalue weighted by atomic mass is 9.88. The van der Waals surface area contributed by atoms with E-state index < -0.39 is 0 Å². The lowest BCUT2D eigenvalue weighted by Crippen LogP contribution is -2.54. The Bertz CT molecular complexity index is 442. The zero-order valence-corrected chi connectivity index (χ0v) is 12.0. The highest BCUT2D eigenvalue weighted by Gasteiger charge is 2.37. The van der Waals surface area contributed by atoms with Gasteiger partial charge in [-0.2, -0.15) is 0 Å². The van der Waals surface area contributed by atoms with E-state index in [0.29, 0.717) is 6.54 Å². The van der Waals surface area contributed by atoms with Crippen LogP contribution in [0.15, 0.2) is 24.3 Å². The molecule has 1 atom stereocenters. The summed E-state index contributed by atoms with van der Waals surface area (Å²) in [5, 5.41) is 0. The van der Waals surface area contributed by atoms with Crippen molar-refractivity contribution in [3.8, 4) is 5.75 Å². The molecule has 0 amide bonds. The van der Waals surface area contributed by atoms with Gasteiger partial charge in [-0.25, -0.2) is 0 Å². The van der Waals surface area contributed by atoms with E-state index in [1.807, 2.05) is 6.07 Å². The lowest BCUT2D eigenvalue weighted by molar-refractivity contribution is 0.0555. The number of fused-ring (bicyclic) bond motifs is 1. The molecular weight excluding hydrogens is 252 g/mol. The maximum Gasteiger partial charge on any atom is 0.123 e. The van der Waals surface area contributed by atoms with Gasteiger partial charge in [0, 0.05) is 44.0 Å². The second kappa shape index (κ2) is 6.12. The molecular formula is C16H24N2O2. The molecule has 2 aliphatic rings. The molecule has 4 nitrogen and oxygen atoms in total. The first kappa shape index (κ1) is 13.9. The molecule has 2 heterocycles. The number of rotatable bonds is 2. The summed E-state index contributed by atoms with van der Waals surface area (Å²) in [4.78, 5) is 2.52. The van der Waals surface area contributed by atoms with Crippen LogP contribution in [0, 0.1) is 0 Å². The normalized spacial score (nSPS) is 28.1. The summed E-state index contributed by atoms with van der Waals surface area (Å²) >= 11 is 0. The molecule has 0 spiro atoms. The summed E-state index contributed by atoms with van der Waals surface area (Å²) in [5.41, 5.74) is 7.50. The Morgan fingerprint density at radius 3 is 2.95 bits per heavy atom. The zero-order valence-electron chi connectivity index (χ0n) is 12.0. The highest BCUT2D eigenvalue weighted by Crippen LogP contribution is 2.32. The third kappa shape index (κ3) is 2.68. The van der Waals surface area contributed by atoms with Crippen LogP contribution >= 0.6 is 0 Å². The maximum absolute atomic E-state index is 6.17. The number of benzene rings is 1. The number of ether oxygens (including phenoxy) is 2. The van der Waals surface area contributed by atoms with E-state index >= 15 is 0 Å². The number of nitrogens with two attached hydrogens (primary N) is 1. The molecule has 2 aliphatic heterocycles. The van der Waals surface area contributed by atoms with Crippen LogP contribution in [0.1, 0.15) is 24.8 Å². The van der Waals surface area contributed by atoms with Gasteiger partial charge >= 0.3 is 0 Å². The Morgan fingerprint density at radius 1 is 1.15 bits per heavy atom. The number of hydrogen-bond acceptors (Lipinski definition) is 4. The molecule has 0 bridgehead atoms. The average molecular weight is 276 g/mol. The van der Waals surface area contributed by atoms with E-state index in [4.69, 9.17) is 15.2 Å². The molecule has 110 valence electrons. The predicted molar refractivity (Wildman–Crippen MR) is 78.8 cm³/mol. The van der Waals surface area contributed by atoms with Crippen LogP contribution in [0.3, 0.4) is 0 Å². The summed E-state index contributed by atoms with van der Waals surface area (Å²) in [6.45, 7) is 4.97. The summed E-state index contributed by atoms with van der Waals surface area (Å²) in [5.74, 6) is 1.02. The molecule has 3 rings (SSSR count). The smallest absolute Gasteiger partial charge is 0.123 e. The second-order valence-electron chi connectivity index (χ2n) is 5.77. The summed E-state index contributed by atoms with van der Waals surface area (Å²) in [7, 11) is 0. The molecule has 1 saturated heterocycles. The minimum atomic E-state index is 0.0668. The van der Waals surface area contributed by atoms with Gasteiger partial charge in [0.2, 0.25) is 0 Å². The van der Waals surface area contributed by atoms with Crippen LogP contribution in [0.2, 0.25) is 0 Å². The van der Waals surface area contributed by atoms with Crippen molar-refractivity contribution in [1.82, 2.24) is 4.90 Å². The minimum Gasteiger partial charge on any atom is -0.492 e. The van der Waals surface area contributed by atoms with E-state index in [1.54, 1.807) is 0 Å². The summed E-state index contributed by atoms with van der Waals surface area (Å²) < 4.78 is 11.5. The number of hydrogen-bond donors (Lipinski definition) is 1. The Balaban J connectivity index is 1.84. The molecule has 0 saturated carbocycles. The zero-order chi connectivity index (χ0) is 13.8. The van der Waals surface area contributed by atoms with Gasteiger partial charge < -0.3 is 15.2 Å². The van der Waals surface area contributed by atoms with Gasteiger partial charge in [0.25, 0.3) is 0 Å². The summed E-state index contributed by atoms with van der Waals surface area (Å²) in [6, 6.07) is 8.33. The molecule has 20 heavy (non-hydrogen) atoms. The highest BCUT2D eigenvalue weighted by molar-refractivity contribution is 5.34. The highest BCUT2D eigenvalue weighted by atomic mass is 16.5. The summed E-state index contributed by atoms with van der Waals surface area (Å²) in [6.07, 6.45) is 3.23. The first-order valence-electron chi connectivity index (χ1n) is 7.58. The fourth-order valence-electron chi connectivity index (χ4n) is 3.37. The van der Waals surface area contributed by atoms with E-state index in [9.17, 15) is 0 Å². The van der Waals surface area contributed by atoms with E-state index in [2.05, 4.69) is 23.1 Å². The molecule has 1 unspecified atom stereocenters. The van der Waals surface area contributed by atoms with Crippen molar-refractivity contribution in [3.05, 3.63) is 29.8 Å². The van der Waals surface area contributed by atoms with Crippen molar-refractivity contribution in [2.24, 2.45) is 5.73 Å². The average Bonchev–Trinajstić information content (AvgIpc) is 2.86. The minimum absolute atomic E-state index is 0.0668. The van der Waals surface area contributed by atoms with Gasteiger partial charge in [0.05, 0.1) is 0 Å². The standard InChI is InChI=1S/C16H24N2O2/c17-13-16(6-3-9-19-10-7-16)18-8-11-20-15-5-2-1-4-14(15)12-18/h1-2,4-5H,3,6-13,17H2. The molecule has 4 heteroatoms. The van der Waals surface area contributed by atoms with Gasteiger partial charge in [0.1, 0.15) is 12.4 Å². The predicted octanol–water partition coefficient (Wildman–Crippen LogP) is 1.78. The van der Waals surface area contributed by atoms with Crippen molar-refractivity contribution in [2.75, 3.05) is 32.9 Å². The molecule has 0 aromatic heterocycles. The third-order valence-electron chi connectivity index (χ3n) is 4.65. The van der Waals surface area contributed by atoms with Crippen molar-refractivity contribution in [3.63, 3.8) is 0 Å². The van der Waals surface area contributed by atoms with E-state index in [0.717, 1.165) is 57.9 Å². The molecule has 0 aliphatic carbocycles. The van der Waals surface area contributed by atoms with Crippen molar-refractivity contribution < 1.29 is 9.47 Å². The number of para-hydroxylation sites is 1. The largest absolute Gasteiger partial charge is 0.492 e. The van der Waals surface area contributed by atoms with E-state index in [-0.39, 0.29) is 5.54 Å². The first-order valence-corrected chi connectivity index (χ1v) is 7.58. The van der Waals surface area contributed by atoms with Crippen LogP contribution in [-0.4, -0.2) is 43.3 Å². The Labute approximate surface area is 120 Å². The quantitative estimate of drug-likeness (QED) is 0.894. The van der Waals surface area contributed by atoms with Gasteiger partial charge in [0.15, 0.2) is 0 Å².